The minimum atomic E-state index is 0.570. The number of piperazine rings is 1. The third-order valence-corrected chi connectivity index (χ3v) is 4.11. The Labute approximate surface area is 116 Å². The number of aromatic nitrogens is 1. The molecular weight excluding hydrogens is 236 g/mol. The van der Waals surface area contributed by atoms with E-state index in [1.165, 1.54) is 5.56 Å². The molecule has 4 heteroatoms. The highest BCUT2D eigenvalue weighted by molar-refractivity contribution is 5.08. The summed E-state index contributed by atoms with van der Waals surface area (Å²) in [4.78, 5) is 9.26. The molecule has 0 aliphatic carbocycles. The number of rotatable bonds is 6. The third-order valence-electron chi connectivity index (χ3n) is 4.11. The van der Waals surface area contributed by atoms with E-state index in [2.05, 4.69) is 27.8 Å². The normalized spacial score (nSPS) is 19.5. The van der Waals surface area contributed by atoms with E-state index < -0.39 is 0 Å². The second kappa shape index (κ2) is 7.58. The van der Waals surface area contributed by atoms with E-state index >= 15 is 0 Å². The molecule has 19 heavy (non-hydrogen) atoms. The van der Waals surface area contributed by atoms with Crippen LogP contribution in [0.15, 0.2) is 24.5 Å². The maximum atomic E-state index is 5.82. The average molecular weight is 262 g/mol. The summed E-state index contributed by atoms with van der Waals surface area (Å²) in [5.74, 6) is 0. The van der Waals surface area contributed by atoms with Crippen LogP contribution < -0.4 is 5.73 Å². The van der Waals surface area contributed by atoms with Crippen molar-refractivity contribution in [3.63, 3.8) is 0 Å². The summed E-state index contributed by atoms with van der Waals surface area (Å²) >= 11 is 0. The Morgan fingerprint density at radius 3 is 2.68 bits per heavy atom. The molecule has 106 valence electrons. The van der Waals surface area contributed by atoms with Crippen molar-refractivity contribution in [1.29, 1.82) is 0 Å². The van der Waals surface area contributed by atoms with Gasteiger partial charge in [0, 0.05) is 57.7 Å². The van der Waals surface area contributed by atoms with E-state index in [9.17, 15) is 0 Å². The number of nitrogens with two attached hydrogens (primary N) is 1. The van der Waals surface area contributed by atoms with Crippen molar-refractivity contribution >= 4 is 0 Å². The summed E-state index contributed by atoms with van der Waals surface area (Å²) in [5, 5.41) is 0. The lowest BCUT2D eigenvalue weighted by Crippen LogP contribution is -2.52. The summed E-state index contributed by atoms with van der Waals surface area (Å²) < 4.78 is 0. The lowest BCUT2D eigenvalue weighted by Gasteiger charge is -2.38. The number of pyridine rings is 1. The van der Waals surface area contributed by atoms with Gasteiger partial charge in [-0.25, -0.2) is 0 Å². The summed E-state index contributed by atoms with van der Waals surface area (Å²) in [6, 6.07) is 4.74. The van der Waals surface area contributed by atoms with E-state index in [-0.39, 0.29) is 0 Å². The van der Waals surface area contributed by atoms with Gasteiger partial charge in [-0.15, -0.1) is 0 Å². The van der Waals surface area contributed by atoms with Crippen LogP contribution >= 0.6 is 0 Å². The molecular formula is C15H26N4. The summed E-state index contributed by atoms with van der Waals surface area (Å²) in [6.07, 6.45) is 6.06. The van der Waals surface area contributed by atoms with E-state index in [1.54, 1.807) is 0 Å². The predicted molar refractivity (Wildman–Crippen MR) is 79.1 cm³/mol. The van der Waals surface area contributed by atoms with E-state index in [1.807, 2.05) is 18.5 Å². The fraction of sp³-hybridized carbons (Fsp3) is 0.667. The van der Waals surface area contributed by atoms with Gasteiger partial charge in [-0.05, 0) is 24.5 Å². The maximum Gasteiger partial charge on any atom is 0.0300 e. The highest BCUT2D eigenvalue weighted by Crippen LogP contribution is 2.09. The van der Waals surface area contributed by atoms with Crippen molar-refractivity contribution in [1.82, 2.24) is 14.8 Å². The van der Waals surface area contributed by atoms with E-state index in [0.717, 1.165) is 52.1 Å². The van der Waals surface area contributed by atoms with Crippen LogP contribution in [0, 0.1) is 0 Å². The van der Waals surface area contributed by atoms with Gasteiger partial charge < -0.3 is 10.6 Å². The molecule has 1 aliphatic heterocycles. The average Bonchev–Trinajstić information content (AvgIpc) is 2.49. The van der Waals surface area contributed by atoms with Crippen LogP contribution in [0.3, 0.4) is 0 Å². The highest BCUT2D eigenvalue weighted by Gasteiger charge is 2.21. The maximum absolute atomic E-state index is 5.82. The zero-order valence-electron chi connectivity index (χ0n) is 12.0. The van der Waals surface area contributed by atoms with Gasteiger partial charge in [0.05, 0.1) is 0 Å². The number of hydrogen-bond donors (Lipinski definition) is 1. The fourth-order valence-electron chi connectivity index (χ4n) is 2.76. The Morgan fingerprint density at radius 2 is 2.11 bits per heavy atom. The minimum Gasteiger partial charge on any atom is -0.329 e. The second-order valence-electron chi connectivity index (χ2n) is 5.29. The SMILES string of the molecule is CCC(CN)N1CCN(CCc2cccnc2)CC1. The zero-order chi connectivity index (χ0) is 13.5. The van der Waals surface area contributed by atoms with E-state index in [4.69, 9.17) is 5.73 Å². The van der Waals surface area contributed by atoms with Crippen molar-refractivity contribution in [3.8, 4) is 0 Å². The molecule has 1 fully saturated rings. The van der Waals surface area contributed by atoms with Crippen molar-refractivity contribution in [2.45, 2.75) is 25.8 Å². The van der Waals surface area contributed by atoms with Crippen LogP contribution in [0.4, 0.5) is 0 Å². The Hall–Kier alpha value is -0.970. The Balaban J connectivity index is 1.72. The molecule has 0 saturated carbocycles. The lowest BCUT2D eigenvalue weighted by molar-refractivity contribution is 0.0975. The summed E-state index contributed by atoms with van der Waals surface area (Å²) in [5.41, 5.74) is 7.15. The lowest BCUT2D eigenvalue weighted by atomic mass is 10.1. The molecule has 2 N–H and O–H groups in total. The minimum absolute atomic E-state index is 0.570. The highest BCUT2D eigenvalue weighted by atomic mass is 15.3. The fourth-order valence-corrected chi connectivity index (χ4v) is 2.76. The quantitative estimate of drug-likeness (QED) is 0.830. The predicted octanol–water partition coefficient (Wildman–Crippen LogP) is 0.979. The van der Waals surface area contributed by atoms with Gasteiger partial charge in [0.25, 0.3) is 0 Å². The van der Waals surface area contributed by atoms with Crippen LogP contribution in [-0.4, -0.2) is 60.1 Å². The van der Waals surface area contributed by atoms with Gasteiger partial charge in [-0.1, -0.05) is 13.0 Å². The molecule has 0 bridgehead atoms. The van der Waals surface area contributed by atoms with Crippen LogP contribution in [0.5, 0.6) is 0 Å². The Bertz CT molecular complexity index is 342. The first-order chi connectivity index (χ1) is 9.33. The molecule has 0 spiro atoms. The van der Waals surface area contributed by atoms with Crippen LogP contribution in [-0.2, 0) is 6.42 Å². The molecule has 1 aliphatic rings. The monoisotopic (exact) mass is 262 g/mol. The standard InChI is InChI=1S/C15H26N4/c1-2-15(12-16)19-10-8-18(9-11-19)7-5-14-4-3-6-17-13-14/h3-4,6,13,15H,2,5,7-12,16H2,1H3. The van der Waals surface area contributed by atoms with Gasteiger partial charge in [0.2, 0.25) is 0 Å². The van der Waals surface area contributed by atoms with Crippen molar-refractivity contribution in [3.05, 3.63) is 30.1 Å². The van der Waals surface area contributed by atoms with E-state index in [0.29, 0.717) is 6.04 Å². The number of nitrogens with zero attached hydrogens (tertiary/aromatic N) is 3. The first-order valence-corrected chi connectivity index (χ1v) is 7.39. The van der Waals surface area contributed by atoms with Gasteiger partial charge in [-0.2, -0.15) is 0 Å². The third kappa shape index (κ3) is 4.27. The molecule has 0 radical (unpaired) electrons. The largest absolute Gasteiger partial charge is 0.329 e. The molecule has 1 saturated heterocycles. The topological polar surface area (TPSA) is 45.4 Å². The smallest absolute Gasteiger partial charge is 0.0300 e. The van der Waals surface area contributed by atoms with Crippen LogP contribution in [0.2, 0.25) is 0 Å². The molecule has 1 aromatic rings. The molecule has 2 rings (SSSR count). The first-order valence-electron chi connectivity index (χ1n) is 7.39. The van der Waals surface area contributed by atoms with Gasteiger partial charge >= 0.3 is 0 Å². The zero-order valence-corrected chi connectivity index (χ0v) is 12.0. The van der Waals surface area contributed by atoms with Gasteiger partial charge in [-0.3, -0.25) is 9.88 Å². The van der Waals surface area contributed by atoms with Gasteiger partial charge in [0.15, 0.2) is 0 Å². The van der Waals surface area contributed by atoms with Gasteiger partial charge in [0.1, 0.15) is 0 Å². The number of hydrogen-bond acceptors (Lipinski definition) is 4. The molecule has 1 unspecified atom stereocenters. The molecule has 0 amide bonds. The van der Waals surface area contributed by atoms with Crippen molar-refractivity contribution in [2.75, 3.05) is 39.3 Å². The first kappa shape index (κ1) is 14.4. The summed E-state index contributed by atoms with van der Waals surface area (Å²) in [7, 11) is 0. The van der Waals surface area contributed by atoms with Crippen LogP contribution in [0.25, 0.3) is 0 Å². The van der Waals surface area contributed by atoms with Crippen molar-refractivity contribution in [2.24, 2.45) is 5.73 Å². The van der Waals surface area contributed by atoms with Crippen LogP contribution in [0.1, 0.15) is 18.9 Å². The Morgan fingerprint density at radius 1 is 1.32 bits per heavy atom. The molecule has 1 atom stereocenters. The molecule has 0 aromatic carbocycles. The Kier molecular flexibility index (Phi) is 5.76. The molecule has 2 heterocycles. The second-order valence-corrected chi connectivity index (χ2v) is 5.29. The molecule has 4 nitrogen and oxygen atoms in total. The summed E-state index contributed by atoms with van der Waals surface area (Å²) in [6.45, 7) is 8.79. The van der Waals surface area contributed by atoms with Crippen molar-refractivity contribution < 1.29 is 0 Å². The molecule has 1 aromatic heterocycles.